The fourth-order valence-corrected chi connectivity index (χ4v) is 4.83. The number of rotatable bonds is 7. The second-order valence-electron chi connectivity index (χ2n) is 7.72. The third-order valence-electron chi connectivity index (χ3n) is 6.18. The minimum Gasteiger partial charge on any atom is -0.330 e. The Morgan fingerprint density at radius 3 is 1.07 bits per heavy atom. The molecule has 4 aromatic carbocycles. The summed E-state index contributed by atoms with van der Waals surface area (Å²) in [6.07, 6.45) is 0.710. The van der Waals surface area contributed by atoms with Gasteiger partial charge >= 0.3 is 0 Å². The lowest BCUT2D eigenvalue weighted by molar-refractivity contribution is 0.297. The van der Waals surface area contributed by atoms with E-state index in [0.29, 0.717) is 13.0 Å². The van der Waals surface area contributed by atoms with Crippen LogP contribution < -0.4 is 11.5 Å². The molecule has 4 N–H and O–H groups in total. The molecule has 0 aliphatic rings. The topological polar surface area (TPSA) is 52.0 Å². The van der Waals surface area contributed by atoms with Gasteiger partial charge in [0.15, 0.2) is 0 Å². The van der Waals surface area contributed by atoms with Gasteiger partial charge in [-0.3, -0.25) is 0 Å². The van der Waals surface area contributed by atoms with E-state index in [0.717, 1.165) is 22.3 Å². The Morgan fingerprint density at radius 1 is 0.467 bits per heavy atom. The van der Waals surface area contributed by atoms with Crippen molar-refractivity contribution in [1.29, 1.82) is 0 Å². The van der Waals surface area contributed by atoms with Crippen LogP contribution in [0.25, 0.3) is 0 Å². The van der Waals surface area contributed by atoms with Gasteiger partial charge in [-0.05, 0) is 35.2 Å². The monoisotopic (exact) mass is 392 g/mol. The van der Waals surface area contributed by atoms with Crippen molar-refractivity contribution in [2.24, 2.45) is 11.5 Å². The number of hydrogen-bond acceptors (Lipinski definition) is 2. The van der Waals surface area contributed by atoms with Crippen molar-refractivity contribution in [1.82, 2.24) is 0 Å². The van der Waals surface area contributed by atoms with Gasteiger partial charge in [0.25, 0.3) is 0 Å². The van der Waals surface area contributed by atoms with Gasteiger partial charge < -0.3 is 11.5 Å². The Morgan fingerprint density at radius 2 is 0.767 bits per heavy atom. The lowest BCUT2D eigenvalue weighted by atomic mass is 9.55. The maximum absolute atomic E-state index is 7.61. The van der Waals surface area contributed by atoms with Crippen LogP contribution in [0.2, 0.25) is 0 Å². The Kier molecular flexibility index (Phi) is 5.80. The molecule has 30 heavy (non-hydrogen) atoms. The molecule has 0 heterocycles. The van der Waals surface area contributed by atoms with Crippen LogP contribution in [-0.2, 0) is 11.0 Å². The summed E-state index contributed by atoms with van der Waals surface area (Å²) >= 11 is 0. The highest BCUT2D eigenvalue weighted by atomic mass is 14.8. The highest BCUT2D eigenvalue weighted by Gasteiger charge is 2.52. The molecule has 0 radical (unpaired) electrons. The summed E-state index contributed by atoms with van der Waals surface area (Å²) in [5.41, 5.74) is 17.0. The molecule has 2 nitrogen and oxygen atoms in total. The highest BCUT2D eigenvalue weighted by Crippen LogP contribution is 2.51. The molecule has 0 aliphatic heterocycles. The van der Waals surface area contributed by atoms with Crippen LogP contribution in [0, 0.1) is 0 Å². The van der Waals surface area contributed by atoms with E-state index in [-0.39, 0.29) is 0 Å². The zero-order valence-corrected chi connectivity index (χ0v) is 17.1. The fourth-order valence-electron chi connectivity index (χ4n) is 4.83. The summed E-state index contributed by atoms with van der Waals surface area (Å²) < 4.78 is 0. The number of nitrogens with two attached hydrogens (primary N) is 2. The summed E-state index contributed by atoms with van der Waals surface area (Å²) in [4.78, 5) is 0. The Labute approximate surface area is 179 Å². The summed E-state index contributed by atoms with van der Waals surface area (Å²) in [6.45, 7) is 0.516. The van der Waals surface area contributed by atoms with E-state index in [2.05, 4.69) is 97.1 Å². The molecule has 0 saturated carbocycles. The normalized spacial score (nSPS) is 11.9. The van der Waals surface area contributed by atoms with Crippen LogP contribution in [0.5, 0.6) is 0 Å². The van der Waals surface area contributed by atoms with Crippen LogP contribution in [0.4, 0.5) is 0 Å². The number of hydrogen-bond donors (Lipinski definition) is 2. The highest BCUT2D eigenvalue weighted by molar-refractivity contribution is 5.54. The summed E-state index contributed by atoms with van der Waals surface area (Å²) in [5.74, 6) is 0. The Bertz CT molecular complexity index is 966. The van der Waals surface area contributed by atoms with Crippen molar-refractivity contribution in [3.63, 3.8) is 0 Å². The minimum absolute atomic E-state index is 0.516. The molecular weight excluding hydrogens is 364 g/mol. The third kappa shape index (κ3) is 3.24. The SMILES string of the molecule is NCCC(c1ccccc1)(c1ccccc1)C(N)(c1ccccc1)c1ccccc1. The first-order valence-corrected chi connectivity index (χ1v) is 10.4. The molecule has 0 fully saturated rings. The van der Waals surface area contributed by atoms with Crippen molar-refractivity contribution in [2.45, 2.75) is 17.4 Å². The fraction of sp³-hybridized carbons (Fsp3) is 0.143. The minimum atomic E-state index is -0.822. The van der Waals surface area contributed by atoms with Crippen molar-refractivity contribution < 1.29 is 0 Å². The first kappa shape index (κ1) is 20.1. The molecule has 0 aliphatic carbocycles. The van der Waals surface area contributed by atoms with Gasteiger partial charge in [-0.2, -0.15) is 0 Å². The van der Waals surface area contributed by atoms with Crippen LogP contribution >= 0.6 is 0 Å². The maximum Gasteiger partial charge on any atom is 0.0805 e. The van der Waals surface area contributed by atoms with Crippen LogP contribution in [0.3, 0.4) is 0 Å². The van der Waals surface area contributed by atoms with Crippen LogP contribution in [0.1, 0.15) is 28.7 Å². The average Bonchev–Trinajstić information content (AvgIpc) is 2.84. The van der Waals surface area contributed by atoms with Crippen molar-refractivity contribution in [2.75, 3.05) is 6.54 Å². The van der Waals surface area contributed by atoms with E-state index in [1.165, 1.54) is 0 Å². The molecule has 0 atom stereocenters. The average molecular weight is 393 g/mol. The van der Waals surface area contributed by atoms with Gasteiger partial charge in [0.05, 0.1) is 5.54 Å². The summed E-state index contributed by atoms with van der Waals surface area (Å²) in [6, 6.07) is 41.9. The lowest BCUT2D eigenvalue weighted by Crippen LogP contribution is -2.58. The molecule has 0 aromatic heterocycles. The number of benzene rings is 4. The standard InChI is InChI=1S/C28H28N2/c29-22-21-27(23-13-5-1-6-14-23,24-15-7-2-8-16-24)28(30,25-17-9-3-10-18-25)26-19-11-4-12-20-26/h1-20H,21-22,29-30H2. The first-order chi connectivity index (χ1) is 14.7. The predicted molar refractivity (Wildman–Crippen MR) is 125 cm³/mol. The Hall–Kier alpha value is -3.20. The van der Waals surface area contributed by atoms with Crippen molar-refractivity contribution in [3.8, 4) is 0 Å². The molecule has 4 rings (SSSR count). The van der Waals surface area contributed by atoms with Crippen LogP contribution in [0.15, 0.2) is 121 Å². The lowest BCUT2D eigenvalue weighted by Gasteiger charge is -2.50. The summed E-state index contributed by atoms with van der Waals surface area (Å²) in [7, 11) is 0. The smallest absolute Gasteiger partial charge is 0.0805 e. The van der Waals surface area contributed by atoms with Crippen molar-refractivity contribution >= 4 is 0 Å². The van der Waals surface area contributed by atoms with Gasteiger partial charge in [0, 0.05) is 5.41 Å². The van der Waals surface area contributed by atoms with E-state index >= 15 is 0 Å². The molecule has 2 heteroatoms. The summed E-state index contributed by atoms with van der Waals surface area (Å²) in [5, 5.41) is 0. The van der Waals surface area contributed by atoms with E-state index in [1.54, 1.807) is 0 Å². The first-order valence-electron chi connectivity index (χ1n) is 10.4. The van der Waals surface area contributed by atoms with Gasteiger partial charge in [-0.1, -0.05) is 121 Å². The van der Waals surface area contributed by atoms with Gasteiger partial charge in [-0.15, -0.1) is 0 Å². The second kappa shape index (κ2) is 8.66. The molecule has 0 amide bonds. The quantitative estimate of drug-likeness (QED) is 0.453. The largest absolute Gasteiger partial charge is 0.330 e. The zero-order valence-electron chi connectivity index (χ0n) is 17.1. The van der Waals surface area contributed by atoms with Gasteiger partial charge in [0.2, 0.25) is 0 Å². The Balaban J connectivity index is 2.14. The van der Waals surface area contributed by atoms with Gasteiger partial charge in [0.1, 0.15) is 0 Å². The third-order valence-corrected chi connectivity index (χ3v) is 6.18. The molecule has 4 aromatic rings. The maximum atomic E-state index is 7.61. The van der Waals surface area contributed by atoms with Gasteiger partial charge in [-0.25, -0.2) is 0 Å². The molecular formula is C28H28N2. The molecule has 0 bridgehead atoms. The van der Waals surface area contributed by atoms with E-state index < -0.39 is 11.0 Å². The zero-order chi connectivity index (χ0) is 20.9. The predicted octanol–water partition coefficient (Wildman–Crippen LogP) is 5.22. The van der Waals surface area contributed by atoms with Crippen LogP contribution in [-0.4, -0.2) is 6.54 Å². The molecule has 0 saturated heterocycles. The second-order valence-corrected chi connectivity index (χ2v) is 7.72. The molecule has 150 valence electrons. The van der Waals surface area contributed by atoms with E-state index in [4.69, 9.17) is 11.5 Å². The van der Waals surface area contributed by atoms with Crippen molar-refractivity contribution in [3.05, 3.63) is 144 Å². The molecule has 0 unspecified atom stereocenters. The van der Waals surface area contributed by atoms with E-state index in [1.807, 2.05) is 24.3 Å². The molecule has 0 spiro atoms. The van der Waals surface area contributed by atoms with E-state index in [9.17, 15) is 0 Å².